The minimum absolute atomic E-state index is 0.320. The van der Waals surface area contributed by atoms with Gasteiger partial charge in [0.05, 0.1) is 5.69 Å². The quantitative estimate of drug-likeness (QED) is 0.832. The summed E-state index contributed by atoms with van der Waals surface area (Å²) in [5.74, 6) is -1.11. The van der Waals surface area contributed by atoms with Gasteiger partial charge in [0.1, 0.15) is 0 Å². The molecule has 0 bridgehead atoms. The summed E-state index contributed by atoms with van der Waals surface area (Å²) in [6, 6.07) is 2.19. The van der Waals surface area contributed by atoms with Crippen LogP contribution in [0.3, 0.4) is 0 Å². The lowest BCUT2D eigenvalue weighted by Gasteiger charge is -2.19. The number of likely N-dealkylation sites (N-methyl/N-ethyl adjacent to an activating group) is 1. The maximum absolute atomic E-state index is 10.9. The van der Waals surface area contributed by atoms with Crippen molar-refractivity contribution >= 4 is 28.3 Å². The summed E-state index contributed by atoms with van der Waals surface area (Å²) >= 11 is 3.19. The van der Waals surface area contributed by atoms with Gasteiger partial charge in [-0.1, -0.05) is 0 Å². The molecule has 0 fully saturated rings. The van der Waals surface area contributed by atoms with Crippen LogP contribution in [0.5, 0.6) is 0 Å². The van der Waals surface area contributed by atoms with Crippen molar-refractivity contribution in [2.45, 2.75) is 6.04 Å². The molecule has 0 aliphatic heterocycles. The molecule has 1 amide bonds. The molecule has 1 unspecified atom stereocenters. The summed E-state index contributed by atoms with van der Waals surface area (Å²) in [5.41, 5.74) is 0.320. The monoisotopic (exact) mass is 272 g/mol. The Kier molecular flexibility index (Phi) is 3.79. The number of rotatable bonds is 4. The number of nitrogens with zero attached hydrogens (tertiary/aromatic N) is 2. The molecule has 0 spiro atoms. The summed E-state index contributed by atoms with van der Waals surface area (Å²) in [7, 11) is 1.40. The standard InChI is InChI=1S/C9H9BrN2O3/c1-12(5-13)8(9(14)15)7-3-2-6(10)4-11-7/h2-5,8H,1H3,(H,14,15). The summed E-state index contributed by atoms with van der Waals surface area (Å²) in [5, 5.41) is 8.95. The van der Waals surface area contributed by atoms with Crippen LogP contribution in [0.1, 0.15) is 11.7 Å². The average molecular weight is 273 g/mol. The predicted octanol–water partition coefficient (Wildman–Crippen LogP) is 1.06. The van der Waals surface area contributed by atoms with Gasteiger partial charge in [-0.2, -0.15) is 0 Å². The molecule has 0 aliphatic carbocycles. The highest BCUT2D eigenvalue weighted by molar-refractivity contribution is 9.10. The van der Waals surface area contributed by atoms with Crippen molar-refractivity contribution in [2.24, 2.45) is 0 Å². The number of halogens is 1. The third-order valence-electron chi connectivity index (χ3n) is 1.84. The molecule has 5 nitrogen and oxygen atoms in total. The van der Waals surface area contributed by atoms with Gasteiger partial charge in [-0.25, -0.2) is 4.79 Å². The minimum Gasteiger partial charge on any atom is -0.479 e. The fourth-order valence-electron chi connectivity index (χ4n) is 1.12. The topological polar surface area (TPSA) is 70.5 Å². The van der Waals surface area contributed by atoms with Crippen LogP contribution in [-0.2, 0) is 9.59 Å². The fourth-order valence-corrected chi connectivity index (χ4v) is 1.35. The van der Waals surface area contributed by atoms with Gasteiger partial charge in [0, 0.05) is 17.7 Å². The largest absolute Gasteiger partial charge is 0.479 e. The number of carbonyl (C=O) groups is 2. The number of carboxylic acids is 1. The van der Waals surface area contributed by atoms with Crippen LogP contribution in [0.25, 0.3) is 0 Å². The molecule has 80 valence electrons. The molecule has 1 aromatic rings. The van der Waals surface area contributed by atoms with E-state index in [9.17, 15) is 9.59 Å². The zero-order chi connectivity index (χ0) is 11.4. The average Bonchev–Trinajstić information content (AvgIpc) is 2.20. The van der Waals surface area contributed by atoms with Gasteiger partial charge in [0.2, 0.25) is 6.41 Å². The maximum atomic E-state index is 10.9. The maximum Gasteiger partial charge on any atom is 0.332 e. The lowest BCUT2D eigenvalue weighted by Crippen LogP contribution is -2.30. The molecule has 0 radical (unpaired) electrons. The van der Waals surface area contributed by atoms with Gasteiger partial charge >= 0.3 is 5.97 Å². The number of pyridine rings is 1. The SMILES string of the molecule is CN(C=O)C(C(=O)O)c1ccc(Br)cn1. The van der Waals surface area contributed by atoms with Gasteiger partial charge in [-0.3, -0.25) is 9.78 Å². The highest BCUT2D eigenvalue weighted by Crippen LogP contribution is 2.18. The zero-order valence-corrected chi connectivity index (χ0v) is 9.51. The van der Waals surface area contributed by atoms with E-state index in [4.69, 9.17) is 5.11 Å². The second kappa shape index (κ2) is 4.88. The van der Waals surface area contributed by atoms with E-state index >= 15 is 0 Å². The molecule has 1 N–H and O–H groups in total. The Morgan fingerprint density at radius 3 is 2.73 bits per heavy atom. The Morgan fingerprint density at radius 2 is 2.33 bits per heavy atom. The summed E-state index contributed by atoms with van der Waals surface area (Å²) in [6.07, 6.45) is 1.95. The van der Waals surface area contributed by atoms with Crippen molar-refractivity contribution in [1.29, 1.82) is 0 Å². The molecule has 0 aromatic carbocycles. The van der Waals surface area contributed by atoms with Crippen LogP contribution in [0.15, 0.2) is 22.8 Å². The van der Waals surface area contributed by atoms with E-state index in [0.29, 0.717) is 12.1 Å². The Bertz CT molecular complexity index is 366. The Balaban J connectivity index is 3.04. The summed E-state index contributed by atoms with van der Waals surface area (Å²) in [4.78, 5) is 26.4. The number of aromatic nitrogens is 1. The second-order valence-corrected chi connectivity index (χ2v) is 3.83. The Hall–Kier alpha value is -1.43. The summed E-state index contributed by atoms with van der Waals surface area (Å²) in [6.45, 7) is 0. The second-order valence-electron chi connectivity index (χ2n) is 2.91. The lowest BCUT2D eigenvalue weighted by molar-refractivity contribution is -0.146. The first-order valence-corrected chi connectivity index (χ1v) is 4.87. The smallest absolute Gasteiger partial charge is 0.332 e. The van der Waals surface area contributed by atoms with Crippen LogP contribution in [-0.4, -0.2) is 34.4 Å². The lowest BCUT2D eigenvalue weighted by atomic mass is 10.2. The first kappa shape index (κ1) is 11.6. The van der Waals surface area contributed by atoms with Crippen LogP contribution in [0, 0.1) is 0 Å². The van der Waals surface area contributed by atoms with E-state index in [1.165, 1.54) is 13.2 Å². The van der Waals surface area contributed by atoms with E-state index < -0.39 is 12.0 Å². The van der Waals surface area contributed by atoms with Crippen molar-refractivity contribution in [3.63, 3.8) is 0 Å². The summed E-state index contributed by atoms with van der Waals surface area (Å²) < 4.78 is 0.754. The normalized spacial score (nSPS) is 11.9. The number of amides is 1. The number of hydrogen-bond acceptors (Lipinski definition) is 3. The third kappa shape index (κ3) is 2.76. The van der Waals surface area contributed by atoms with Crippen molar-refractivity contribution in [3.05, 3.63) is 28.5 Å². The number of aliphatic carboxylic acids is 1. The molecule has 0 saturated heterocycles. The van der Waals surface area contributed by atoms with Gasteiger partial charge in [0.25, 0.3) is 0 Å². The van der Waals surface area contributed by atoms with Crippen LogP contribution in [0.2, 0.25) is 0 Å². The minimum atomic E-state index is -1.11. The van der Waals surface area contributed by atoms with Crippen molar-refractivity contribution in [1.82, 2.24) is 9.88 Å². The third-order valence-corrected chi connectivity index (χ3v) is 2.31. The molecule has 1 heterocycles. The van der Waals surface area contributed by atoms with E-state index in [1.807, 2.05) is 0 Å². The molecule has 15 heavy (non-hydrogen) atoms. The Labute approximate surface area is 94.9 Å². The highest BCUT2D eigenvalue weighted by Gasteiger charge is 2.24. The van der Waals surface area contributed by atoms with Crippen molar-refractivity contribution < 1.29 is 14.7 Å². The Morgan fingerprint density at radius 1 is 1.67 bits per heavy atom. The van der Waals surface area contributed by atoms with Crippen LogP contribution >= 0.6 is 15.9 Å². The predicted molar refractivity (Wildman–Crippen MR) is 56.1 cm³/mol. The molecular weight excluding hydrogens is 264 g/mol. The molecule has 0 aliphatic rings. The number of carbonyl (C=O) groups excluding carboxylic acids is 1. The van der Waals surface area contributed by atoms with E-state index in [2.05, 4.69) is 20.9 Å². The van der Waals surface area contributed by atoms with Crippen molar-refractivity contribution in [2.75, 3.05) is 7.05 Å². The van der Waals surface area contributed by atoms with E-state index in [0.717, 1.165) is 9.37 Å². The van der Waals surface area contributed by atoms with Gasteiger partial charge in [-0.05, 0) is 28.1 Å². The first-order valence-electron chi connectivity index (χ1n) is 4.07. The molecule has 1 atom stereocenters. The molecule has 0 saturated carbocycles. The van der Waals surface area contributed by atoms with Crippen molar-refractivity contribution in [3.8, 4) is 0 Å². The highest BCUT2D eigenvalue weighted by atomic mass is 79.9. The molecule has 1 aromatic heterocycles. The van der Waals surface area contributed by atoms with Gasteiger partial charge < -0.3 is 10.0 Å². The molecule has 6 heteroatoms. The van der Waals surface area contributed by atoms with Gasteiger partial charge in [-0.15, -0.1) is 0 Å². The van der Waals surface area contributed by atoms with E-state index in [-0.39, 0.29) is 0 Å². The number of carboxylic acid groups (broad SMARTS) is 1. The first-order chi connectivity index (χ1) is 7.06. The molecular formula is C9H9BrN2O3. The fraction of sp³-hybridized carbons (Fsp3) is 0.222. The van der Waals surface area contributed by atoms with E-state index in [1.54, 1.807) is 12.1 Å². The zero-order valence-electron chi connectivity index (χ0n) is 7.92. The van der Waals surface area contributed by atoms with Gasteiger partial charge in [0.15, 0.2) is 6.04 Å². The van der Waals surface area contributed by atoms with Crippen LogP contribution < -0.4 is 0 Å². The van der Waals surface area contributed by atoms with Crippen LogP contribution in [0.4, 0.5) is 0 Å². The number of hydrogen-bond donors (Lipinski definition) is 1. The molecule has 1 rings (SSSR count).